The fourth-order valence-electron chi connectivity index (χ4n) is 2.37. The van der Waals surface area contributed by atoms with E-state index in [1.807, 2.05) is 37.3 Å². The number of hydrogen-bond donors (Lipinski definition) is 1. The van der Waals surface area contributed by atoms with Crippen molar-refractivity contribution in [3.8, 4) is 0 Å². The van der Waals surface area contributed by atoms with E-state index in [0.29, 0.717) is 36.3 Å². The third-order valence-corrected chi connectivity index (χ3v) is 3.63. The molecule has 2 aromatic heterocycles. The average Bonchev–Trinajstić information content (AvgIpc) is 3.05. The van der Waals surface area contributed by atoms with E-state index in [9.17, 15) is 4.79 Å². The van der Waals surface area contributed by atoms with E-state index in [0.717, 1.165) is 5.56 Å². The van der Waals surface area contributed by atoms with Gasteiger partial charge in [-0.1, -0.05) is 35.5 Å². The molecule has 0 spiro atoms. The number of hydrogen-bond acceptors (Lipinski definition) is 6. The van der Waals surface area contributed by atoms with Crippen LogP contribution in [0.1, 0.15) is 28.7 Å². The maximum atomic E-state index is 12.8. The van der Waals surface area contributed by atoms with Crippen molar-refractivity contribution < 1.29 is 9.32 Å². The third-order valence-electron chi connectivity index (χ3n) is 3.63. The van der Waals surface area contributed by atoms with Crippen LogP contribution in [0.15, 0.2) is 53.2 Å². The van der Waals surface area contributed by atoms with Crippen molar-refractivity contribution in [2.24, 2.45) is 0 Å². The summed E-state index contributed by atoms with van der Waals surface area (Å²) in [6.07, 6.45) is 1.55. The number of carbonyl (C=O) groups excluding carboxylic acids is 1. The van der Waals surface area contributed by atoms with Crippen molar-refractivity contribution in [1.82, 2.24) is 20.0 Å². The van der Waals surface area contributed by atoms with Gasteiger partial charge in [-0.25, -0.2) is 9.97 Å². The van der Waals surface area contributed by atoms with Crippen LogP contribution < -0.4 is 5.32 Å². The number of aryl methyl sites for hydroxylation is 1. The number of carbonyl (C=O) groups is 1. The van der Waals surface area contributed by atoms with Gasteiger partial charge in [0.1, 0.15) is 11.5 Å². The predicted molar refractivity (Wildman–Crippen MR) is 93.4 cm³/mol. The number of nitrogens with one attached hydrogen (secondary N) is 1. The monoisotopic (exact) mass is 337 g/mol. The van der Waals surface area contributed by atoms with E-state index in [1.165, 1.54) is 0 Å². The minimum absolute atomic E-state index is 0.145. The first-order chi connectivity index (χ1) is 12.2. The van der Waals surface area contributed by atoms with Crippen LogP contribution in [-0.2, 0) is 6.54 Å². The van der Waals surface area contributed by atoms with Gasteiger partial charge >= 0.3 is 0 Å². The fourth-order valence-corrected chi connectivity index (χ4v) is 2.37. The van der Waals surface area contributed by atoms with Crippen LogP contribution in [0, 0.1) is 6.92 Å². The van der Waals surface area contributed by atoms with E-state index in [-0.39, 0.29) is 5.91 Å². The lowest BCUT2D eigenvalue weighted by Crippen LogP contribution is -2.31. The molecule has 0 fully saturated rings. The Balaban J connectivity index is 1.75. The van der Waals surface area contributed by atoms with Crippen LogP contribution in [0.5, 0.6) is 0 Å². The van der Waals surface area contributed by atoms with E-state index >= 15 is 0 Å². The zero-order valence-electron chi connectivity index (χ0n) is 14.1. The lowest BCUT2D eigenvalue weighted by molar-refractivity contribution is 0.0746. The Labute approximate surface area is 145 Å². The van der Waals surface area contributed by atoms with Crippen LogP contribution >= 0.6 is 0 Å². The minimum atomic E-state index is -0.145. The summed E-state index contributed by atoms with van der Waals surface area (Å²) in [5.41, 5.74) is 1.40. The molecule has 0 bridgehead atoms. The van der Waals surface area contributed by atoms with Crippen molar-refractivity contribution in [2.75, 3.05) is 11.9 Å². The van der Waals surface area contributed by atoms with Gasteiger partial charge in [-0.2, -0.15) is 0 Å². The van der Waals surface area contributed by atoms with Gasteiger partial charge in [-0.05, 0) is 25.5 Å². The van der Waals surface area contributed by atoms with Crippen LogP contribution in [0.4, 0.5) is 11.8 Å². The number of benzene rings is 1. The largest absolute Gasteiger partial charge is 0.360 e. The zero-order chi connectivity index (χ0) is 17.6. The predicted octanol–water partition coefficient (Wildman–Crippen LogP) is 3.18. The number of amides is 1. The highest BCUT2D eigenvalue weighted by Gasteiger charge is 2.17. The first kappa shape index (κ1) is 16.6. The smallest absolute Gasteiger partial charge is 0.272 e. The van der Waals surface area contributed by atoms with Gasteiger partial charge in [0, 0.05) is 25.4 Å². The molecule has 0 atom stereocenters. The number of aromatic nitrogens is 3. The Bertz CT molecular complexity index is 847. The number of rotatable bonds is 6. The lowest BCUT2D eigenvalue weighted by atomic mass is 10.2. The SMILES string of the molecule is CCN(Cc1ccccc1)C(=O)c1ccnc(Nc2cc(C)on2)n1. The summed E-state index contributed by atoms with van der Waals surface area (Å²) >= 11 is 0. The van der Waals surface area contributed by atoms with Crippen LogP contribution in [0.2, 0.25) is 0 Å². The molecular weight excluding hydrogens is 318 g/mol. The number of anilines is 2. The summed E-state index contributed by atoms with van der Waals surface area (Å²) in [5.74, 6) is 1.33. The van der Waals surface area contributed by atoms with Gasteiger partial charge in [0.15, 0.2) is 5.82 Å². The molecule has 0 saturated heterocycles. The molecule has 0 radical (unpaired) electrons. The van der Waals surface area contributed by atoms with E-state index in [4.69, 9.17) is 4.52 Å². The van der Waals surface area contributed by atoms with Crippen molar-refractivity contribution in [1.29, 1.82) is 0 Å². The first-order valence-corrected chi connectivity index (χ1v) is 8.02. The highest BCUT2D eigenvalue weighted by Crippen LogP contribution is 2.14. The molecule has 0 aliphatic rings. The third kappa shape index (κ3) is 4.20. The standard InChI is InChI=1S/C18H19N5O2/c1-3-23(12-14-7-5-4-6-8-14)17(24)15-9-10-19-18(20-15)21-16-11-13(2)25-22-16/h4-11H,3,12H2,1-2H3,(H,19,20,21,22). The molecule has 25 heavy (non-hydrogen) atoms. The zero-order valence-corrected chi connectivity index (χ0v) is 14.1. The van der Waals surface area contributed by atoms with Crippen molar-refractivity contribution >= 4 is 17.7 Å². The van der Waals surface area contributed by atoms with E-state index in [1.54, 1.807) is 30.2 Å². The second-order valence-electron chi connectivity index (χ2n) is 5.52. The van der Waals surface area contributed by atoms with Gasteiger partial charge in [0.25, 0.3) is 5.91 Å². The topological polar surface area (TPSA) is 84.2 Å². The molecule has 0 aliphatic heterocycles. The maximum absolute atomic E-state index is 12.8. The molecule has 3 aromatic rings. The van der Waals surface area contributed by atoms with Crippen LogP contribution in [0.3, 0.4) is 0 Å². The molecule has 2 heterocycles. The van der Waals surface area contributed by atoms with Crippen molar-refractivity contribution in [3.63, 3.8) is 0 Å². The van der Waals surface area contributed by atoms with Crippen LogP contribution in [0.25, 0.3) is 0 Å². The molecule has 0 saturated carbocycles. The molecule has 7 heteroatoms. The summed E-state index contributed by atoms with van der Waals surface area (Å²) in [4.78, 5) is 22.9. The maximum Gasteiger partial charge on any atom is 0.272 e. The fraction of sp³-hybridized carbons (Fsp3) is 0.222. The lowest BCUT2D eigenvalue weighted by Gasteiger charge is -2.20. The summed E-state index contributed by atoms with van der Waals surface area (Å²) in [6.45, 7) is 4.86. The first-order valence-electron chi connectivity index (χ1n) is 8.02. The van der Waals surface area contributed by atoms with Crippen LogP contribution in [-0.4, -0.2) is 32.5 Å². The molecule has 1 N–H and O–H groups in total. The van der Waals surface area contributed by atoms with Gasteiger partial charge in [-0.15, -0.1) is 0 Å². The Kier molecular flexibility index (Phi) is 5.03. The molecular formula is C18H19N5O2. The summed E-state index contributed by atoms with van der Waals surface area (Å²) in [7, 11) is 0. The molecule has 0 aliphatic carbocycles. The van der Waals surface area contributed by atoms with Crippen molar-refractivity contribution in [2.45, 2.75) is 20.4 Å². The molecule has 1 amide bonds. The minimum Gasteiger partial charge on any atom is -0.360 e. The van der Waals surface area contributed by atoms with Crippen molar-refractivity contribution in [3.05, 3.63) is 65.7 Å². The quantitative estimate of drug-likeness (QED) is 0.744. The normalized spacial score (nSPS) is 10.5. The summed E-state index contributed by atoms with van der Waals surface area (Å²) < 4.78 is 4.99. The Hall–Kier alpha value is -3.22. The molecule has 3 rings (SSSR count). The van der Waals surface area contributed by atoms with E-state index < -0.39 is 0 Å². The van der Waals surface area contributed by atoms with E-state index in [2.05, 4.69) is 20.4 Å². The molecule has 7 nitrogen and oxygen atoms in total. The summed E-state index contributed by atoms with van der Waals surface area (Å²) in [6, 6.07) is 13.2. The highest BCUT2D eigenvalue weighted by molar-refractivity contribution is 5.92. The molecule has 0 unspecified atom stereocenters. The second kappa shape index (κ2) is 7.57. The Morgan fingerprint density at radius 1 is 1.24 bits per heavy atom. The van der Waals surface area contributed by atoms with Gasteiger partial charge < -0.3 is 14.7 Å². The van der Waals surface area contributed by atoms with Gasteiger partial charge in [0.05, 0.1) is 0 Å². The van der Waals surface area contributed by atoms with Gasteiger partial charge in [-0.3, -0.25) is 4.79 Å². The number of nitrogens with zero attached hydrogens (tertiary/aromatic N) is 4. The highest BCUT2D eigenvalue weighted by atomic mass is 16.5. The second-order valence-corrected chi connectivity index (χ2v) is 5.52. The Morgan fingerprint density at radius 3 is 2.72 bits per heavy atom. The Morgan fingerprint density at radius 2 is 2.04 bits per heavy atom. The summed E-state index contributed by atoms with van der Waals surface area (Å²) in [5, 5.41) is 6.76. The van der Waals surface area contributed by atoms with Gasteiger partial charge in [0.2, 0.25) is 5.95 Å². The molecule has 1 aromatic carbocycles. The average molecular weight is 337 g/mol. The molecule has 128 valence electrons.